The third-order valence-corrected chi connectivity index (χ3v) is 2.54. The minimum Gasteiger partial charge on any atom is -0.462 e. The predicted molar refractivity (Wildman–Crippen MR) is 54.4 cm³/mol. The van der Waals surface area contributed by atoms with Crippen LogP contribution in [0.2, 0.25) is 0 Å². The second kappa shape index (κ2) is 6.05. The second-order valence-corrected chi connectivity index (χ2v) is 3.75. The third kappa shape index (κ3) is 3.77. The van der Waals surface area contributed by atoms with Gasteiger partial charge in [-0.2, -0.15) is 0 Å². The first-order chi connectivity index (χ1) is 7.19. The summed E-state index contributed by atoms with van der Waals surface area (Å²) in [6.45, 7) is 1.73. The zero-order valence-electron chi connectivity index (χ0n) is 9.16. The minimum atomic E-state index is -0.716. The fraction of sp³-hybridized carbons (Fsp3) is 0.900. The lowest BCUT2D eigenvalue weighted by Gasteiger charge is -2.34. The molecular weight excluding hydrogens is 198 g/mol. The molecular formula is C10H19NO4. The number of carbonyl (C=O) groups is 1. The summed E-state index contributed by atoms with van der Waals surface area (Å²) < 4.78 is 14.9. The van der Waals surface area contributed by atoms with Gasteiger partial charge in [-0.15, -0.1) is 0 Å². The molecule has 15 heavy (non-hydrogen) atoms. The number of ether oxygens (including phenoxy) is 3. The van der Waals surface area contributed by atoms with E-state index in [4.69, 9.17) is 19.9 Å². The summed E-state index contributed by atoms with van der Waals surface area (Å²) in [6.07, 6.45) is 2.47. The van der Waals surface area contributed by atoms with Crippen molar-refractivity contribution in [1.82, 2.24) is 0 Å². The van der Waals surface area contributed by atoms with Crippen LogP contribution in [0, 0.1) is 0 Å². The van der Waals surface area contributed by atoms with Crippen LogP contribution in [-0.2, 0) is 19.0 Å². The Hall–Kier alpha value is -0.650. The molecule has 0 saturated heterocycles. The Morgan fingerprint density at radius 3 is 2.47 bits per heavy atom. The monoisotopic (exact) mass is 217 g/mol. The van der Waals surface area contributed by atoms with Gasteiger partial charge in [-0.05, 0) is 19.3 Å². The van der Waals surface area contributed by atoms with Crippen molar-refractivity contribution < 1.29 is 19.0 Å². The van der Waals surface area contributed by atoms with E-state index in [2.05, 4.69) is 0 Å². The molecule has 0 amide bonds. The summed E-state index contributed by atoms with van der Waals surface area (Å²) >= 11 is 0. The number of hydrogen-bond acceptors (Lipinski definition) is 5. The van der Waals surface area contributed by atoms with E-state index in [1.165, 1.54) is 0 Å². The smallest absolute Gasteiger partial charge is 0.326 e. The van der Waals surface area contributed by atoms with E-state index in [-0.39, 0.29) is 12.6 Å². The average Bonchev–Trinajstić information content (AvgIpc) is 2.19. The first-order valence-electron chi connectivity index (χ1n) is 5.22. The lowest BCUT2D eigenvalue weighted by molar-refractivity contribution is -0.155. The Morgan fingerprint density at radius 1 is 1.27 bits per heavy atom. The van der Waals surface area contributed by atoms with Crippen LogP contribution >= 0.6 is 0 Å². The summed E-state index contributed by atoms with van der Waals surface area (Å²) in [5, 5.41) is 0. The van der Waals surface area contributed by atoms with Gasteiger partial charge < -0.3 is 19.9 Å². The molecule has 0 heterocycles. The lowest BCUT2D eigenvalue weighted by Crippen LogP contribution is -2.54. The molecule has 1 aliphatic carbocycles. The van der Waals surface area contributed by atoms with E-state index >= 15 is 0 Å². The highest BCUT2D eigenvalue weighted by Gasteiger charge is 2.41. The maximum atomic E-state index is 11.4. The summed E-state index contributed by atoms with van der Waals surface area (Å²) in [5.74, 6) is -0.302. The number of methoxy groups -OCH3 is 1. The van der Waals surface area contributed by atoms with Crippen molar-refractivity contribution in [3.8, 4) is 0 Å². The molecule has 0 spiro atoms. The Bertz CT molecular complexity index is 204. The van der Waals surface area contributed by atoms with Gasteiger partial charge in [0.05, 0.1) is 19.8 Å². The number of carbonyl (C=O) groups excluding carboxylic acids is 1. The largest absolute Gasteiger partial charge is 0.462 e. The van der Waals surface area contributed by atoms with Crippen LogP contribution in [0.5, 0.6) is 0 Å². The van der Waals surface area contributed by atoms with E-state index in [0.29, 0.717) is 19.8 Å². The van der Waals surface area contributed by atoms with E-state index in [0.717, 1.165) is 19.3 Å². The lowest BCUT2D eigenvalue weighted by atomic mass is 9.78. The van der Waals surface area contributed by atoms with Crippen LogP contribution in [-0.4, -0.2) is 45.0 Å². The van der Waals surface area contributed by atoms with Crippen LogP contribution < -0.4 is 5.73 Å². The predicted octanol–water partition coefficient (Wildman–Crippen LogP) is 0.0740. The quantitative estimate of drug-likeness (QED) is 0.483. The standard InChI is InChI=1S/C10H19NO4/c1-13-5-6-14-7-8-15-9(12)10(11)3-2-4-10/h2-8,11H2,1H3. The molecule has 0 radical (unpaired) electrons. The van der Waals surface area contributed by atoms with Crippen LogP contribution in [0.1, 0.15) is 19.3 Å². The fourth-order valence-corrected chi connectivity index (χ4v) is 1.34. The summed E-state index contributed by atoms with van der Waals surface area (Å²) in [6, 6.07) is 0. The first kappa shape index (κ1) is 12.4. The van der Waals surface area contributed by atoms with Gasteiger partial charge >= 0.3 is 5.97 Å². The number of esters is 1. The van der Waals surface area contributed by atoms with Crippen molar-refractivity contribution >= 4 is 5.97 Å². The molecule has 0 aromatic carbocycles. The van der Waals surface area contributed by atoms with Crippen LogP contribution in [0.3, 0.4) is 0 Å². The van der Waals surface area contributed by atoms with Crippen LogP contribution in [0.4, 0.5) is 0 Å². The zero-order valence-corrected chi connectivity index (χ0v) is 9.16. The highest BCUT2D eigenvalue weighted by Crippen LogP contribution is 2.29. The summed E-state index contributed by atoms with van der Waals surface area (Å²) in [7, 11) is 1.61. The Morgan fingerprint density at radius 2 is 1.93 bits per heavy atom. The highest BCUT2D eigenvalue weighted by molar-refractivity contribution is 5.81. The van der Waals surface area contributed by atoms with Gasteiger partial charge in [0.2, 0.25) is 0 Å². The van der Waals surface area contributed by atoms with Gasteiger partial charge in [0.25, 0.3) is 0 Å². The number of nitrogens with two attached hydrogens (primary N) is 1. The van der Waals surface area contributed by atoms with Gasteiger partial charge in [0.1, 0.15) is 12.1 Å². The number of rotatable bonds is 7. The molecule has 0 aliphatic heterocycles. The van der Waals surface area contributed by atoms with Gasteiger partial charge in [0, 0.05) is 7.11 Å². The molecule has 88 valence electrons. The molecule has 5 heteroatoms. The first-order valence-corrected chi connectivity index (χ1v) is 5.22. The van der Waals surface area contributed by atoms with E-state index in [9.17, 15) is 4.79 Å². The molecule has 0 bridgehead atoms. The molecule has 2 N–H and O–H groups in total. The Labute approximate surface area is 89.9 Å². The van der Waals surface area contributed by atoms with E-state index < -0.39 is 5.54 Å². The number of hydrogen-bond donors (Lipinski definition) is 1. The van der Waals surface area contributed by atoms with Crippen molar-refractivity contribution in [3.63, 3.8) is 0 Å². The van der Waals surface area contributed by atoms with Gasteiger partial charge in [-0.3, -0.25) is 4.79 Å². The molecule has 0 aromatic rings. The maximum Gasteiger partial charge on any atom is 0.326 e. The van der Waals surface area contributed by atoms with Gasteiger partial charge in [0.15, 0.2) is 0 Å². The van der Waals surface area contributed by atoms with Gasteiger partial charge in [-0.1, -0.05) is 0 Å². The van der Waals surface area contributed by atoms with Gasteiger partial charge in [-0.25, -0.2) is 0 Å². The van der Waals surface area contributed by atoms with Crippen LogP contribution in [0.25, 0.3) is 0 Å². The molecule has 0 unspecified atom stereocenters. The van der Waals surface area contributed by atoms with Crippen molar-refractivity contribution in [2.75, 3.05) is 33.5 Å². The SMILES string of the molecule is COCCOCCOC(=O)C1(N)CCC1. The minimum absolute atomic E-state index is 0.265. The summed E-state index contributed by atoms with van der Waals surface area (Å²) in [5.41, 5.74) is 5.06. The maximum absolute atomic E-state index is 11.4. The molecule has 1 fully saturated rings. The second-order valence-electron chi connectivity index (χ2n) is 3.75. The topological polar surface area (TPSA) is 70.8 Å². The fourth-order valence-electron chi connectivity index (χ4n) is 1.34. The average molecular weight is 217 g/mol. The van der Waals surface area contributed by atoms with E-state index in [1.54, 1.807) is 7.11 Å². The normalized spacial score (nSPS) is 18.3. The third-order valence-electron chi connectivity index (χ3n) is 2.54. The van der Waals surface area contributed by atoms with Crippen molar-refractivity contribution in [2.45, 2.75) is 24.8 Å². The molecule has 0 aromatic heterocycles. The molecule has 1 saturated carbocycles. The van der Waals surface area contributed by atoms with E-state index in [1.807, 2.05) is 0 Å². The summed E-state index contributed by atoms with van der Waals surface area (Å²) in [4.78, 5) is 11.4. The molecule has 1 aliphatic rings. The van der Waals surface area contributed by atoms with Crippen molar-refractivity contribution in [1.29, 1.82) is 0 Å². The molecule has 0 atom stereocenters. The van der Waals surface area contributed by atoms with Crippen molar-refractivity contribution in [2.24, 2.45) is 5.73 Å². The van der Waals surface area contributed by atoms with Crippen molar-refractivity contribution in [3.05, 3.63) is 0 Å². The highest BCUT2D eigenvalue weighted by atomic mass is 16.6. The van der Waals surface area contributed by atoms with Crippen LogP contribution in [0.15, 0.2) is 0 Å². The zero-order chi connectivity index (χ0) is 11.1. The Kier molecular flexibility index (Phi) is 5.01. The molecule has 1 rings (SSSR count). The Balaban J connectivity index is 1.97. The molecule has 5 nitrogen and oxygen atoms in total.